The van der Waals surface area contributed by atoms with Crippen LogP contribution in [-0.4, -0.2) is 70.9 Å². The number of carbonyl (C=O) groups excluding carboxylic acids is 4. The van der Waals surface area contributed by atoms with Crippen LogP contribution in [0.3, 0.4) is 0 Å². The second-order valence-electron chi connectivity index (χ2n) is 7.11. The fourth-order valence-electron chi connectivity index (χ4n) is 3.12. The Labute approximate surface area is 192 Å². The van der Waals surface area contributed by atoms with Gasteiger partial charge in [0, 0.05) is 39.8 Å². The number of nitro groups is 1. The Balaban J connectivity index is 2.52. The summed E-state index contributed by atoms with van der Waals surface area (Å²) in [6.45, 7) is 3.35. The molecule has 186 valence electrons. The quantitative estimate of drug-likeness (QED) is 0.175. The van der Waals surface area contributed by atoms with Crippen molar-refractivity contribution in [3.8, 4) is 5.75 Å². The monoisotopic (exact) mass is 485 g/mol. The third-order valence-electron chi connectivity index (χ3n) is 4.37. The van der Waals surface area contributed by atoms with Crippen molar-refractivity contribution in [2.75, 3.05) is 6.61 Å². The molecule has 0 radical (unpaired) electrons. The second kappa shape index (κ2) is 10.9. The lowest BCUT2D eigenvalue weighted by Crippen LogP contribution is -2.71. The molecule has 1 heterocycles. The van der Waals surface area contributed by atoms with Gasteiger partial charge < -0.3 is 33.5 Å². The molecule has 0 bridgehead atoms. The van der Waals surface area contributed by atoms with Crippen LogP contribution in [0.1, 0.15) is 27.7 Å². The number of non-ortho nitro benzene ring substituents is 1. The average Bonchev–Trinajstić information content (AvgIpc) is 2.71. The molecule has 34 heavy (non-hydrogen) atoms. The van der Waals surface area contributed by atoms with Gasteiger partial charge in [0.15, 0.2) is 6.10 Å². The molecule has 1 aliphatic rings. The lowest BCUT2D eigenvalue weighted by molar-refractivity contribution is -0.385. The third-order valence-corrected chi connectivity index (χ3v) is 4.37. The van der Waals surface area contributed by atoms with Crippen LogP contribution in [0.2, 0.25) is 0 Å². The molecular weight excluding hydrogens is 462 g/mol. The molecule has 1 N–H and O–H groups in total. The second-order valence-corrected chi connectivity index (χ2v) is 7.11. The predicted molar refractivity (Wildman–Crippen MR) is 107 cm³/mol. The largest absolute Gasteiger partial charge is 0.463 e. The first-order chi connectivity index (χ1) is 15.8. The first kappa shape index (κ1) is 26.5. The van der Waals surface area contributed by atoms with E-state index in [4.69, 9.17) is 28.4 Å². The minimum absolute atomic E-state index is 0.0125. The summed E-state index contributed by atoms with van der Waals surface area (Å²) in [7, 11) is 0. The van der Waals surface area contributed by atoms with E-state index in [1.807, 2.05) is 0 Å². The topological polar surface area (TPSA) is 187 Å². The van der Waals surface area contributed by atoms with Crippen molar-refractivity contribution in [3.63, 3.8) is 0 Å². The van der Waals surface area contributed by atoms with E-state index in [1.165, 1.54) is 12.1 Å². The minimum Gasteiger partial charge on any atom is -0.463 e. The summed E-state index contributed by atoms with van der Waals surface area (Å²) in [5.41, 5.74) is -0.233. The standard InChI is InChI=1S/C20H23NO13/c1-10(22)29-9-16-20(26,34-13(4)25)18(31-12(3)24)17(30-11(2)23)19(33-16)32-15-7-5-14(6-8-15)21(27)28/h5-8,16-19,26H,9H2,1-4H3/t16-,17-,18+,19+,20-/m0/s1. The van der Waals surface area contributed by atoms with Crippen molar-refractivity contribution in [2.45, 2.75) is 58.1 Å². The smallest absolute Gasteiger partial charge is 0.305 e. The average molecular weight is 485 g/mol. The molecule has 1 fully saturated rings. The van der Waals surface area contributed by atoms with E-state index >= 15 is 0 Å². The van der Waals surface area contributed by atoms with E-state index in [0.717, 1.165) is 39.8 Å². The minimum atomic E-state index is -2.76. The number of nitrogens with zero attached hydrogens (tertiary/aromatic N) is 1. The molecule has 1 aromatic rings. The number of rotatable bonds is 8. The van der Waals surface area contributed by atoms with Gasteiger partial charge in [-0.2, -0.15) is 0 Å². The molecule has 0 aliphatic carbocycles. The Bertz CT molecular complexity index is 946. The van der Waals surface area contributed by atoms with Crippen LogP contribution in [-0.2, 0) is 42.9 Å². The Kier molecular flexibility index (Phi) is 8.48. The lowest BCUT2D eigenvalue weighted by atomic mass is 9.94. The Hall–Kier alpha value is -3.78. The maximum absolute atomic E-state index is 11.8. The van der Waals surface area contributed by atoms with Crippen LogP contribution < -0.4 is 4.74 Å². The molecule has 5 atom stereocenters. The Morgan fingerprint density at radius 3 is 2.06 bits per heavy atom. The third kappa shape index (κ3) is 6.62. The number of hydrogen-bond donors (Lipinski definition) is 1. The van der Waals surface area contributed by atoms with Gasteiger partial charge in [0.05, 0.1) is 4.92 Å². The predicted octanol–water partition coefficient (Wildman–Crippen LogP) is 0.377. The molecule has 0 amide bonds. The molecule has 1 aliphatic heterocycles. The van der Waals surface area contributed by atoms with E-state index in [9.17, 15) is 34.4 Å². The molecule has 0 saturated carbocycles. The number of ether oxygens (including phenoxy) is 6. The molecule has 14 nitrogen and oxygen atoms in total. The van der Waals surface area contributed by atoms with Gasteiger partial charge in [-0.25, -0.2) is 0 Å². The van der Waals surface area contributed by atoms with Gasteiger partial charge in [-0.3, -0.25) is 29.3 Å². The first-order valence-corrected chi connectivity index (χ1v) is 9.79. The summed E-state index contributed by atoms with van der Waals surface area (Å²) >= 11 is 0. The van der Waals surface area contributed by atoms with Gasteiger partial charge in [0.1, 0.15) is 12.4 Å². The highest BCUT2D eigenvalue weighted by molar-refractivity contribution is 5.69. The van der Waals surface area contributed by atoms with E-state index in [0.29, 0.717) is 0 Å². The Morgan fingerprint density at radius 1 is 1.00 bits per heavy atom. The highest BCUT2D eigenvalue weighted by Gasteiger charge is 2.63. The number of aliphatic hydroxyl groups is 1. The molecule has 2 rings (SSSR count). The first-order valence-electron chi connectivity index (χ1n) is 9.79. The fraction of sp³-hybridized carbons (Fsp3) is 0.500. The van der Waals surface area contributed by atoms with Gasteiger partial charge in [0.2, 0.25) is 18.5 Å². The molecular formula is C20H23NO13. The van der Waals surface area contributed by atoms with Gasteiger partial charge >= 0.3 is 23.9 Å². The van der Waals surface area contributed by atoms with Crippen LogP contribution in [0, 0.1) is 10.1 Å². The summed E-state index contributed by atoms with van der Waals surface area (Å²) in [6, 6.07) is 4.71. The molecule has 0 spiro atoms. The zero-order valence-electron chi connectivity index (χ0n) is 18.6. The highest BCUT2D eigenvalue weighted by atomic mass is 16.8. The highest BCUT2D eigenvalue weighted by Crippen LogP contribution is 2.37. The van der Waals surface area contributed by atoms with Crippen molar-refractivity contribution < 1.29 is 57.6 Å². The van der Waals surface area contributed by atoms with E-state index in [1.54, 1.807) is 0 Å². The summed E-state index contributed by atoms with van der Waals surface area (Å²) < 4.78 is 31.5. The zero-order valence-corrected chi connectivity index (χ0v) is 18.6. The molecule has 1 aromatic carbocycles. The van der Waals surface area contributed by atoms with Crippen LogP contribution in [0.25, 0.3) is 0 Å². The van der Waals surface area contributed by atoms with Crippen LogP contribution in [0.5, 0.6) is 5.75 Å². The van der Waals surface area contributed by atoms with Crippen LogP contribution >= 0.6 is 0 Å². The maximum atomic E-state index is 11.8. The number of benzene rings is 1. The van der Waals surface area contributed by atoms with Crippen molar-refractivity contribution >= 4 is 29.6 Å². The van der Waals surface area contributed by atoms with Gasteiger partial charge in [-0.05, 0) is 12.1 Å². The number of carbonyl (C=O) groups is 4. The summed E-state index contributed by atoms with van der Waals surface area (Å²) in [5, 5.41) is 22.1. The van der Waals surface area contributed by atoms with Gasteiger partial charge in [-0.15, -0.1) is 0 Å². The summed E-state index contributed by atoms with van der Waals surface area (Å²) in [4.78, 5) is 56.9. The number of hydrogen-bond acceptors (Lipinski definition) is 13. The summed E-state index contributed by atoms with van der Waals surface area (Å²) in [6.07, 6.45) is -6.84. The van der Waals surface area contributed by atoms with Gasteiger partial charge in [-0.1, -0.05) is 0 Å². The molecule has 1 saturated heterocycles. The molecule has 14 heteroatoms. The fourth-order valence-corrected chi connectivity index (χ4v) is 3.12. The summed E-state index contributed by atoms with van der Waals surface area (Å²) in [5.74, 6) is -6.39. The van der Waals surface area contributed by atoms with Crippen LogP contribution in [0.15, 0.2) is 24.3 Å². The van der Waals surface area contributed by atoms with Crippen molar-refractivity contribution in [1.82, 2.24) is 0 Å². The normalized spacial score (nSPS) is 26.0. The molecule has 0 unspecified atom stereocenters. The Morgan fingerprint density at radius 2 is 1.59 bits per heavy atom. The van der Waals surface area contributed by atoms with E-state index < -0.39 is 65.8 Å². The lowest BCUT2D eigenvalue weighted by Gasteiger charge is -2.48. The zero-order chi connectivity index (χ0) is 25.6. The van der Waals surface area contributed by atoms with Crippen molar-refractivity contribution in [2.24, 2.45) is 0 Å². The molecule has 0 aromatic heterocycles. The van der Waals surface area contributed by atoms with Crippen molar-refractivity contribution in [3.05, 3.63) is 34.4 Å². The number of esters is 4. The van der Waals surface area contributed by atoms with Gasteiger partial charge in [0.25, 0.3) is 11.5 Å². The van der Waals surface area contributed by atoms with E-state index in [2.05, 4.69) is 0 Å². The van der Waals surface area contributed by atoms with Crippen molar-refractivity contribution in [1.29, 1.82) is 0 Å². The SMILES string of the molecule is CC(=O)OC[C@@H]1O[C@@H](Oc2ccc([N+](=O)[O-])cc2)[C@@H](OC(C)=O)[C@@H](OC(C)=O)[C@@]1(O)OC(C)=O. The number of nitro benzene ring substituents is 1. The van der Waals surface area contributed by atoms with E-state index in [-0.39, 0.29) is 11.4 Å². The maximum Gasteiger partial charge on any atom is 0.305 e. The van der Waals surface area contributed by atoms with Crippen LogP contribution in [0.4, 0.5) is 5.69 Å².